The summed E-state index contributed by atoms with van der Waals surface area (Å²) in [5.41, 5.74) is 4.03. The molecular weight excluding hydrogens is 294 g/mol. The smallest absolute Gasteiger partial charge is 0.237 e. The fraction of sp³-hybridized carbons (Fsp3) is 0.353. The maximum absolute atomic E-state index is 12.3. The van der Waals surface area contributed by atoms with Crippen LogP contribution in [0.2, 0.25) is 0 Å². The zero-order valence-electron chi connectivity index (χ0n) is 13.6. The number of benzene rings is 1. The lowest BCUT2D eigenvalue weighted by molar-refractivity contribution is -0.115. The van der Waals surface area contributed by atoms with E-state index in [0.29, 0.717) is 0 Å². The van der Waals surface area contributed by atoms with Crippen LogP contribution < -0.4 is 5.32 Å². The SMILES string of the molecule is Cc1ccc(NC(=O)[C@H](C)Sc2cc(C)nc(C)n2)c(C)c1. The fourth-order valence-electron chi connectivity index (χ4n) is 2.17. The molecule has 2 rings (SSSR count). The van der Waals surface area contributed by atoms with Crippen molar-refractivity contribution in [3.8, 4) is 0 Å². The number of anilines is 1. The Hall–Kier alpha value is -1.88. The summed E-state index contributed by atoms with van der Waals surface area (Å²) in [6.45, 7) is 9.71. The zero-order valence-corrected chi connectivity index (χ0v) is 14.4. The van der Waals surface area contributed by atoms with Crippen molar-refractivity contribution in [2.45, 2.75) is 44.9 Å². The van der Waals surface area contributed by atoms with E-state index in [4.69, 9.17) is 0 Å². The molecule has 0 saturated carbocycles. The predicted octanol–water partition coefficient (Wildman–Crippen LogP) is 3.83. The lowest BCUT2D eigenvalue weighted by Gasteiger charge is -2.14. The highest BCUT2D eigenvalue weighted by molar-refractivity contribution is 8.00. The predicted molar refractivity (Wildman–Crippen MR) is 91.4 cm³/mol. The van der Waals surface area contributed by atoms with Crippen molar-refractivity contribution >= 4 is 23.4 Å². The Morgan fingerprint density at radius 2 is 1.86 bits per heavy atom. The molecule has 0 fully saturated rings. The van der Waals surface area contributed by atoms with E-state index in [1.54, 1.807) is 0 Å². The number of thioether (sulfide) groups is 1. The van der Waals surface area contributed by atoms with Gasteiger partial charge in [-0.3, -0.25) is 4.79 Å². The second-order valence-corrected chi connectivity index (χ2v) is 6.82. The van der Waals surface area contributed by atoms with Gasteiger partial charge in [-0.25, -0.2) is 9.97 Å². The standard InChI is InChI=1S/C17H21N3OS/c1-10-6-7-15(11(2)8-10)20-17(21)13(4)22-16-9-12(3)18-14(5)19-16/h6-9,13H,1-5H3,(H,20,21)/t13-/m0/s1. The quantitative estimate of drug-likeness (QED) is 0.688. The Kier molecular flexibility index (Phi) is 5.19. The van der Waals surface area contributed by atoms with Gasteiger partial charge < -0.3 is 5.32 Å². The number of carbonyl (C=O) groups excluding carboxylic acids is 1. The van der Waals surface area contributed by atoms with Crippen LogP contribution in [-0.4, -0.2) is 21.1 Å². The van der Waals surface area contributed by atoms with Crippen LogP contribution in [0.15, 0.2) is 29.3 Å². The number of nitrogens with one attached hydrogen (secondary N) is 1. The molecule has 0 aliphatic heterocycles. The van der Waals surface area contributed by atoms with Crippen LogP contribution in [0.5, 0.6) is 0 Å². The van der Waals surface area contributed by atoms with E-state index in [9.17, 15) is 4.79 Å². The van der Waals surface area contributed by atoms with Gasteiger partial charge in [0.25, 0.3) is 0 Å². The summed E-state index contributed by atoms with van der Waals surface area (Å²) in [5.74, 6) is 0.704. The Morgan fingerprint density at radius 1 is 1.14 bits per heavy atom. The summed E-state index contributed by atoms with van der Waals surface area (Å²) in [6, 6.07) is 7.90. The van der Waals surface area contributed by atoms with Crippen molar-refractivity contribution in [3.63, 3.8) is 0 Å². The van der Waals surface area contributed by atoms with E-state index >= 15 is 0 Å². The van der Waals surface area contributed by atoms with Gasteiger partial charge in [-0.05, 0) is 52.3 Å². The van der Waals surface area contributed by atoms with E-state index in [-0.39, 0.29) is 11.2 Å². The molecule has 0 spiro atoms. The number of hydrogen-bond donors (Lipinski definition) is 1. The van der Waals surface area contributed by atoms with E-state index in [1.807, 2.05) is 52.8 Å². The molecular formula is C17H21N3OS. The molecule has 2 aromatic rings. The third-order valence-corrected chi connectivity index (χ3v) is 4.27. The molecule has 4 nitrogen and oxygen atoms in total. The summed E-state index contributed by atoms with van der Waals surface area (Å²) >= 11 is 1.45. The summed E-state index contributed by atoms with van der Waals surface area (Å²) < 4.78 is 0. The van der Waals surface area contributed by atoms with Crippen molar-refractivity contribution in [2.75, 3.05) is 5.32 Å². The Balaban J connectivity index is 2.05. The molecule has 1 N–H and O–H groups in total. The Morgan fingerprint density at radius 3 is 2.50 bits per heavy atom. The van der Waals surface area contributed by atoms with Gasteiger partial charge in [0.2, 0.25) is 5.91 Å². The van der Waals surface area contributed by atoms with Crippen molar-refractivity contribution < 1.29 is 4.79 Å². The average molecular weight is 315 g/mol. The third-order valence-electron chi connectivity index (χ3n) is 3.25. The normalized spacial score (nSPS) is 12.0. The highest BCUT2D eigenvalue weighted by atomic mass is 32.2. The molecule has 1 aromatic heterocycles. The highest BCUT2D eigenvalue weighted by Gasteiger charge is 2.16. The minimum Gasteiger partial charge on any atom is -0.325 e. The van der Waals surface area contributed by atoms with Gasteiger partial charge in [-0.15, -0.1) is 0 Å². The maximum atomic E-state index is 12.3. The average Bonchev–Trinajstić information content (AvgIpc) is 2.40. The van der Waals surface area contributed by atoms with Crippen molar-refractivity contribution in [1.29, 1.82) is 0 Å². The van der Waals surface area contributed by atoms with E-state index in [1.165, 1.54) is 17.3 Å². The van der Waals surface area contributed by atoms with Crippen LogP contribution in [0.1, 0.15) is 29.6 Å². The molecule has 5 heteroatoms. The van der Waals surface area contributed by atoms with Gasteiger partial charge in [0, 0.05) is 11.4 Å². The van der Waals surface area contributed by atoms with Gasteiger partial charge in [0.15, 0.2) is 0 Å². The molecule has 0 aliphatic rings. The lowest BCUT2D eigenvalue weighted by Crippen LogP contribution is -2.23. The number of amides is 1. The maximum Gasteiger partial charge on any atom is 0.237 e. The monoisotopic (exact) mass is 315 g/mol. The molecule has 116 valence electrons. The van der Waals surface area contributed by atoms with Crippen LogP contribution >= 0.6 is 11.8 Å². The van der Waals surface area contributed by atoms with E-state index in [2.05, 4.69) is 21.4 Å². The molecule has 1 amide bonds. The second kappa shape index (κ2) is 6.92. The van der Waals surface area contributed by atoms with Crippen LogP contribution in [-0.2, 0) is 4.79 Å². The summed E-state index contributed by atoms with van der Waals surface area (Å²) in [7, 11) is 0. The van der Waals surface area contributed by atoms with Crippen molar-refractivity contribution in [3.05, 3.63) is 46.9 Å². The highest BCUT2D eigenvalue weighted by Crippen LogP contribution is 2.24. The van der Waals surface area contributed by atoms with Crippen LogP contribution in [0.3, 0.4) is 0 Å². The molecule has 0 aliphatic carbocycles. The van der Waals surface area contributed by atoms with Crippen molar-refractivity contribution in [1.82, 2.24) is 9.97 Å². The third kappa shape index (κ3) is 4.31. The van der Waals surface area contributed by atoms with Gasteiger partial charge in [-0.1, -0.05) is 29.5 Å². The number of nitrogens with zero attached hydrogens (tertiary/aromatic N) is 2. The minimum absolute atomic E-state index is 0.0223. The first-order valence-electron chi connectivity index (χ1n) is 7.22. The first-order valence-corrected chi connectivity index (χ1v) is 8.10. The first kappa shape index (κ1) is 16.5. The molecule has 1 atom stereocenters. The second-order valence-electron chi connectivity index (χ2n) is 5.46. The molecule has 0 saturated heterocycles. The minimum atomic E-state index is -0.227. The number of carbonyl (C=O) groups is 1. The van der Waals surface area contributed by atoms with E-state index in [0.717, 1.165) is 27.8 Å². The number of aromatic nitrogens is 2. The largest absolute Gasteiger partial charge is 0.325 e. The van der Waals surface area contributed by atoms with Gasteiger partial charge >= 0.3 is 0 Å². The molecule has 22 heavy (non-hydrogen) atoms. The molecule has 0 unspecified atom stereocenters. The Labute approximate surface area is 135 Å². The molecule has 0 radical (unpaired) electrons. The van der Waals surface area contributed by atoms with E-state index < -0.39 is 0 Å². The summed E-state index contributed by atoms with van der Waals surface area (Å²) in [6.07, 6.45) is 0. The van der Waals surface area contributed by atoms with Gasteiger partial charge in [0.05, 0.1) is 5.25 Å². The lowest BCUT2D eigenvalue weighted by atomic mass is 10.1. The molecule has 1 heterocycles. The van der Waals surface area contributed by atoms with Gasteiger partial charge in [0.1, 0.15) is 10.9 Å². The summed E-state index contributed by atoms with van der Waals surface area (Å²) in [4.78, 5) is 21.0. The summed E-state index contributed by atoms with van der Waals surface area (Å²) in [5, 5.41) is 3.58. The van der Waals surface area contributed by atoms with Gasteiger partial charge in [-0.2, -0.15) is 0 Å². The van der Waals surface area contributed by atoms with Crippen LogP contribution in [0, 0.1) is 27.7 Å². The topological polar surface area (TPSA) is 54.9 Å². The first-order chi connectivity index (χ1) is 10.3. The number of rotatable bonds is 4. The molecule has 0 bridgehead atoms. The zero-order chi connectivity index (χ0) is 16.3. The number of hydrogen-bond acceptors (Lipinski definition) is 4. The fourth-order valence-corrected chi connectivity index (χ4v) is 3.12. The van der Waals surface area contributed by atoms with Crippen molar-refractivity contribution in [2.24, 2.45) is 0 Å². The Bertz CT molecular complexity index is 680. The van der Waals surface area contributed by atoms with Crippen LogP contribution in [0.25, 0.3) is 0 Å². The number of aryl methyl sites for hydroxylation is 4. The molecule has 1 aromatic carbocycles. The van der Waals surface area contributed by atoms with Crippen LogP contribution in [0.4, 0.5) is 5.69 Å².